The lowest BCUT2D eigenvalue weighted by Gasteiger charge is -2.45. The number of carbonyl (C=O) groups is 2. The number of alkyl halides is 2. The van der Waals surface area contributed by atoms with Gasteiger partial charge < -0.3 is 14.5 Å². The number of ether oxygens (including phenoxy) is 2. The van der Waals surface area contributed by atoms with Gasteiger partial charge in [0.05, 0.1) is 38.1 Å². The molecule has 1 aromatic heterocycles. The van der Waals surface area contributed by atoms with Crippen molar-refractivity contribution < 1.29 is 32.2 Å². The maximum absolute atomic E-state index is 14.6. The second-order valence-corrected chi connectivity index (χ2v) is 7.35. The number of aryl methyl sites for hydroxylation is 1. The maximum atomic E-state index is 14.6. The number of hydrogen-bond acceptors (Lipinski definition) is 5. The quantitative estimate of drug-likeness (QED) is 0.729. The van der Waals surface area contributed by atoms with E-state index in [0.717, 1.165) is 17.0 Å². The van der Waals surface area contributed by atoms with E-state index in [9.17, 15) is 22.8 Å². The molecule has 0 saturated carbocycles. The Bertz CT molecular complexity index is 965. The average molecular weight is 424 g/mol. The molecule has 160 valence electrons. The largest absolute Gasteiger partial charge is 0.437 e. The zero-order valence-corrected chi connectivity index (χ0v) is 16.1. The summed E-state index contributed by atoms with van der Waals surface area (Å²) >= 11 is 0. The first-order chi connectivity index (χ1) is 14.2. The molecule has 2 saturated heterocycles. The van der Waals surface area contributed by atoms with Gasteiger partial charge in [0.1, 0.15) is 11.4 Å². The topological polar surface area (TPSA) is 76.9 Å². The highest BCUT2D eigenvalue weighted by molar-refractivity contribution is 5.98. The first-order valence-electron chi connectivity index (χ1n) is 9.20. The highest BCUT2D eigenvalue weighted by Crippen LogP contribution is 2.37. The van der Waals surface area contributed by atoms with Crippen molar-refractivity contribution in [2.75, 3.05) is 37.7 Å². The van der Waals surface area contributed by atoms with Gasteiger partial charge in [0.2, 0.25) is 0 Å². The van der Waals surface area contributed by atoms with E-state index >= 15 is 0 Å². The minimum atomic E-state index is -4.14. The van der Waals surface area contributed by atoms with E-state index in [0.29, 0.717) is 5.56 Å². The first-order valence-corrected chi connectivity index (χ1v) is 9.20. The van der Waals surface area contributed by atoms with Gasteiger partial charge in [-0.05, 0) is 24.3 Å². The lowest BCUT2D eigenvalue weighted by atomic mass is 10.00. The maximum Gasteiger partial charge on any atom is 0.437 e. The number of rotatable bonds is 2. The van der Waals surface area contributed by atoms with E-state index in [1.54, 1.807) is 7.05 Å². The molecule has 2 aliphatic rings. The van der Waals surface area contributed by atoms with Crippen LogP contribution in [-0.4, -0.2) is 71.1 Å². The van der Waals surface area contributed by atoms with Crippen molar-refractivity contribution in [3.8, 4) is 0 Å². The highest BCUT2D eigenvalue weighted by atomic mass is 19.3. The van der Waals surface area contributed by atoms with Crippen molar-refractivity contribution in [3.05, 3.63) is 48.0 Å². The summed E-state index contributed by atoms with van der Waals surface area (Å²) in [4.78, 5) is 27.4. The van der Waals surface area contributed by atoms with Crippen molar-refractivity contribution in [1.29, 1.82) is 0 Å². The van der Waals surface area contributed by atoms with E-state index in [4.69, 9.17) is 9.47 Å². The zero-order valence-electron chi connectivity index (χ0n) is 16.1. The summed E-state index contributed by atoms with van der Waals surface area (Å²) in [5.74, 6) is -2.54. The van der Waals surface area contributed by atoms with Gasteiger partial charge in [0.15, 0.2) is 0 Å². The summed E-state index contributed by atoms with van der Waals surface area (Å²) in [6.07, 6.45) is -1.24. The minimum absolute atomic E-state index is 0.0955. The molecule has 2 amide bonds. The molecule has 2 aromatic rings. The minimum Gasteiger partial charge on any atom is -0.376 e. The molecule has 0 bridgehead atoms. The van der Waals surface area contributed by atoms with E-state index in [2.05, 4.69) is 5.10 Å². The number of amides is 2. The van der Waals surface area contributed by atoms with Gasteiger partial charge in [0, 0.05) is 25.5 Å². The number of anilines is 1. The number of morpholine rings is 1. The normalized spacial score (nSPS) is 24.2. The second kappa shape index (κ2) is 7.40. The molecule has 2 fully saturated rings. The van der Waals surface area contributed by atoms with Crippen molar-refractivity contribution in [2.24, 2.45) is 7.05 Å². The molecule has 2 aliphatic heterocycles. The monoisotopic (exact) mass is 424 g/mol. The van der Waals surface area contributed by atoms with Crippen LogP contribution in [0.1, 0.15) is 10.4 Å². The van der Waals surface area contributed by atoms with Gasteiger partial charge in [-0.1, -0.05) is 0 Å². The van der Waals surface area contributed by atoms with Crippen LogP contribution < -0.4 is 4.90 Å². The third kappa shape index (κ3) is 3.77. The van der Waals surface area contributed by atoms with Gasteiger partial charge in [-0.25, -0.2) is 4.39 Å². The lowest BCUT2D eigenvalue weighted by Crippen LogP contribution is -2.66. The Morgan fingerprint density at radius 3 is 2.60 bits per heavy atom. The molecule has 1 aromatic carbocycles. The summed E-state index contributed by atoms with van der Waals surface area (Å²) in [7, 11) is 1.65. The number of benzene rings is 1. The fourth-order valence-corrected chi connectivity index (χ4v) is 3.64. The van der Waals surface area contributed by atoms with Gasteiger partial charge in [0.25, 0.3) is 5.91 Å². The summed E-state index contributed by atoms with van der Waals surface area (Å²) < 4.78 is 54.3. The van der Waals surface area contributed by atoms with Crippen molar-refractivity contribution in [2.45, 2.75) is 11.7 Å². The lowest BCUT2D eigenvalue weighted by molar-refractivity contribution is -0.293. The van der Waals surface area contributed by atoms with Gasteiger partial charge in [-0.2, -0.15) is 13.9 Å². The number of aromatic nitrogens is 2. The van der Waals surface area contributed by atoms with Gasteiger partial charge >= 0.3 is 12.0 Å². The Morgan fingerprint density at radius 1 is 1.20 bits per heavy atom. The standard InChI is InChI=1S/C19H19F3N4O4/c1-24-9-13(8-23-24)16(27)25-6-7-29-12-18(10-25)11-26(17(28)19(21,22)30-18)15-4-2-14(20)3-5-15/h2-5,8-9H,6-7,10-12H2,1H3. The third-order valence-corrected chi connectivity index (χ3v) is 5.01. The molecule has 0 aliphatic carbocycles. The molecule has 11 heteroatoms. The molecule has 1 unspecified atom stereocenters. The van der Waals surface area contributed by atoms with E-state index in [1.165, 1.54) is 34.1 Å². The molecule has 3 heterocycles. The zero-order chi connectivity index (χ0) is 21.5. The SMILES string of the molecule is Cn1cc(C(=O)N2CCOCC3(C2)CN(c2ccc(F)cc2)C(=O)C(F)(F)O3)cn1. The number of carbonyl (C=O) groups excluding carboxylic acids is 2. The average Bonchev–Trinajstić information content (AvgIpc) is 3.03. The Morgan fingerprint density at radius 2 is 1.93 bits per heavy atom. The van der Waals surface area contributed by atoms with Crippen LogP contribution in [0.3, 0.4) is 0 Å². The van der Waals surface area contributed by atoms with Gasteiger partial charge in [-0.15, -0.1) is 0 Å². The first kappa shape index (κ1) is 20.4. The molecule has 0 N–H and O–H groups in total. The smallest absolute Gasteiger partial charge is 0.376 e. The van der Waals surface area contributed by atoms with Crippen molar-refractivity contribution in [1.82, 2.24) is 14.7 Å². The van der Waals surface area contributed by atoms with E-state index in [-0.39, 0.29) is 38.5 Å². The van der Waals surface area contributed by atoms with Crippen LogP contribution in [0, 0.1) is 5.82 Å². The third-order valence-electron chi connectivity index (χ3n) is 5.01. The number of halogens is 3. The van der Waals surface area contributed by atoms with Crippen LogP contribution in [-0.2, 0) is 21.3 Å². The Labute approximate surface area is 169 Å². The van der Waals surface area contributed by atoms with E-state index < -0.39 is 29.3 Å². The summed E-state index contributed by atoms with van der Waals surface area (Å²) in [6, 6.07) is 4.62. The molecular formula is C19H19F3N4O4. The predicted molar refractivity (Wildman–Crippen MR) is 97.4 cm³/mol. The number of nitrogens with zero attached hydrogens (tertiary/aromatic N) is 4. The Kier molecular flexibility index (Phi) is 5.02. The molecule has 1 spiro atoms. The molecule has 30 heavy (non-hydrogen) atoms. The molecule has 4 rings (SSSR count). The van der Waals surface area contributed by atoms with Gasteiger partial charge in [-0.3, -0.25) is 19.0 Å². The molecule has 0 radical (unpaired) electrons. The van der Waals surface area contributed by atoms with Crippen molar-refractivity contribution >= 4 is 17.5 Å². The second-order valence-electron chi connectivity index (χ2n) is 7.35. The van der Waals surface area contributed by atoms with Crippen LogP contribution >= 0.6 is 0 Å². The Hall–Kier alpha value is -2.92. The predicted octanol–water partition coefficient (Wildman–Crippen LogP) is 1.43. The molecule has 8 nitrogen and oxygen atoms in total. The Balaban J connectivity index is 1.65. The number of hydrogen-bond donors (Lipinski definition) is 0. The van der Waals surface area contributed by atoms with Crippen LogP contribution in [0.15, 0.2) is 36.7 Å². The van der Waals surface area contributed by atoms with Crippen molar-refractivity contribution in [3.63, 3.8) is 0 Å². The summed E-state index contributed by atoms with van der Waals surface area (Å²) in [6.45, 7) is -0.475. The van der Waals surface area contributed by atoms with E-state index in [1.807, 2.05) is 0 Å². The molecular weight excluding hydrogens is 405 g/mol. The highest BCUT2D eigenvalue weighted by Gasteiger charge is 2.58. The van der Waals surface area contributed by atoms with Crippen LogP contribution in [0.4, 0.5) is 18.9 Å². The molecule has 1 atom stereocenters. The van der Waals surface area contributed by atoms with Crippen LogP contribution in [0.2, 0.25) is 0 Å². The summed E-state index contributed by atoms with van der Waals surface area (Å²) in [5, 5.41) is 3.95. The van der Waals surface area contributed by atoms with Crippen LogP contribution in [0.5, 0.6) is 0 Å². The fourth-order valence-electron chi connectivity index (χ4n) is 3.64. The summed E-state index contributed by atoms with van der Waals surface area (Å²) in [5.41, 5.74) is -1.28. The fraction of sp³-hybridized carbons (Fsp3) is 0.421. The van der Waals surface area contributed by atoms with Crippen LogP contribution in [0.25, 0.3) is 0 Å².